The van der Waals surface area contributed by atoms with Crippen LogP contribution in [0.2, 0.25) is 5.22 Å². The molecule has 1 aliphatic heterocycles. The van der Waals surface area contributed by atoms with Gasteiger partial charge in [-0.3, -0.25) is 14.9 Å². The molecule has 0 bridgehead atoms. The molecule has 90 valence electrons. The normalized spacial score (nSPS) is 17.7. The SMILES string of the molecule is O=C1NC(=O)/C(=C/c2ccc3cc(Cl)oc3c2)S1. The minimum absolute atomic E-state index is 0.318. The molecule has 2 amide bonds. The van der Waals surface area contributed by atoms with E-state index in [4.69, 9.17) is 16.0 Å². The molecule has 1 aromatic carbocycles. The first-order valence-electron chi connectivity index (χ1n) is 5.06. The lowest BCUT2D eigenvalue weighted by atomic mass is 10.1. The highest BCUT2D eigenvalue weighted by molar-refractivity contribution is 8.18. The minimum Gasteiger partial charge on any atom is -0.445 e. The maximum atomic E-state index is 11.4. The quantitative estimate of drug-likeness (QED) is 0.813. The molecule has 0 radical (unpaired) electrons. The summed E-state index contributed by atoms with van der Waals surface area (Å²) in [5, 5.41) is 3.06. The number of halogens is 1. The zero-order valence-electron chi connectivity index (χ0n) is 8.90. The van der Waals surface area contributed by atoms with Crippen LogP contribution in [0.3, 0.4) is 0 Å². The van der Waals surface area contributed by atoms with Gasteiger partial charge in [-0.15, -0.1) is 0 Å². The molecule has 0 atom stereocenters. The number of nitrogens with one attached hydrogen (secondary N) is 1. The van der Waals surface area contributed by atoms with Gasteiger partial charge in [0.1, 0.15) is 5.58 Å². The van der Waals surface area contributed by atoms with Crippen molar-refractivity contribution in [2.45, 2.75) is 0 Å². The molecule has 1 aromatic heterocycles. The zero-order chi connectivity index (χ0) is 12.7. The second kappa shape index (κ2) is 4.19. The van der Waals surface area contributed by atoms with Crippen LogP contribution >= 0.6 is 23.4 Å². The molecule has 2 aromatic rings. The van der Waals surface area contributed by atoms with Gasteiger partial charge >= 0.3 is 0 Å². The molecule has 18 heavy (non-hydrogen) atoms. The van der Waals surface area contributed by atoms with Gasteiger partial charge < -0.3 is 4.42 Å². The molecule has 6 heteroatoms. The van der Waals surface area contributed by atoms with Crippen molar-refractivity contribution in [2.75, 3.05) is 0 Å². The average molecular weight is 280 g/mol. The van der Waals surface area contributed by atoms with E-state index in [1.54, 1.807) is 18.2 Å². The van der Waals surface area contributed by atoms with Crippen molar-refractivity contribution in [3.05, 3.63) is 40.0 Å². The number of benzene rings is 1. The fourth-order valence-corrected chi connectivity index (χ4v) is 2.56. The van der Waals surface area contributed by atoms with Gasteiger partial charge in [0.25, 0.3) is 11.1 Å². The molecule has 2 heterocycles. The molecular formula is C12H6ClNO3S. The van der Waals surface area contributed by atoms with E-state index >= 15 is 0 Å². The molecule has 0 aliphatic carbocycles. The molecule has 0 unspecified atom stereocenters. The maximum Gasteiger partial charge on any atom is 0.290 e. The Morgan fingerprint density at radius 1 is 1.28 bits per heavy atom. The van der Waals surface area contributed by atoms with Crippen LogP contribution in [0.15, 0.2) is 33.6 Å². The summed E-state index contributed by atoms with van der Waals surface area (Å²) in [7, 11) is 0. The second-order valence-electron chi connectivity index (χ2n) is 3.70. The van der Waals surface area contributed by atoms with Crippen molar-refractivity contribution < 1.29 is 14.0 Å². The highest BCUT2D eigenvalue weighted by Gasteiger charge is 2.24. The Bertz CT molecular complexity index is 704. The van der Waals surface area contributed by atoms with Crippen molar-refractivity contribution in [2.24, 2.45) is 0 Å². The van der Waals surface area contributed by atoms with Crippen molar-refractivity contribution in [3.8, 4) is 0 Å². The number of carbonyl (C=O) groups is 2. The summed E-state index contributed by atoms with van der Waals surface area (Å²) in [6.07, 6.45) is 1.64. The number of furan rings is 1. The first-order valence-corrected chi connectivity index (χ1v) is 6.25. The van der Waals surface area contributed by atoms with E-state index in [0.29, 0.717) is 15.7 Å². The van der Waals surface area contributed by atoms with Gasteiger partial charge in [-0.2, -0.15) is 0 Å². The monoisotopic (exact) mass is 279 g/mol. The van der Waals surface area contributed by atoms with Crippen molar-refractivity contribution in [1.29, 1.82) is 0 Å². The third kappa shape index (κ3) is 2.02. The highest BCUT2D eigenvalue weighted by Crippen LogP contribution is 2.28. The van der Waals surface area contributed by atoms with E-state index in [1.807, 2.05) is 12.1 Å². The van der Waals surface area contributed by atoms with Crippen LogP contribution in [0.4, 0.5) is 4.79 Å². The summed E-state index contributed by atoms with van der Waals surface area (Å²) in [6, 6.07) is 7.16. The number of thioether (sulfide) groups is 1. The fourth-order valence-electron chi connectivity index (χ4n) is 1.68. The largest absolute Gasteiger partial charge is 0.445 e. The predicted molar refractivity (Wildman–Crippen MR) is 70.3 cm³/mol. The van der Waals surface area contributed by atoms with Gasteiger partial charge in [-0.05, 0) is 41.1 Å². The highest BCUT2D eigenvalue weighted by atomic mass is 35.5. The molecule has 1 aliphatic rings. The summed E-state index contributed by atoms with van der Waals surface area (Å²) in [6.45, 7) is 0. The Hall–Kier alpha value is -1.72. The number of imide groups is 1. The average Bonchev–Trinajstić information content (AvgIpc) is 2.80. The van der Waals surface area contributed by atoms with Crippen LogP contribution in [-0.2, 0) is 4.79 Å². The Labute approximate surface area is 111 Å². The van der Waals surface area contributed by atoms with Gasteiger partial charge in [0.15, 0.2) is 5.22 Å². The smallest absolute Gasteiger partial charge is 0.290 e. The summed E-state index contributed by atoms with van der Waals surface area (Å²) in [5.74, 6) is -0.373. The molecule has 3 rings (SSSR count). The molecule has 1 saturated heterocycles. The first-order chi connectivity index (χ1) is 8.61. The lowest BCUT2D eigenvalue weighted by Crippen LogP contribution is -2.17. The third-order valence-electron chi connectivity index (χ3n) is 2.45. The van der Waals surface area contributed by atoms with E-state index in [9.17, 15) is 9.59 Å². The van der Waals surface area contributed by atoms with Gasteiger partial charge in [0.05, 0.1) is 4.91 Å². The topological polar surface area (TPSA) is 59.3 Å². The van der Waals surface area contributed by atoms with Gasteiger partial charge in [-0.25, -0.2) is 0 Å². The molecule has 4 nitrogen and oxygen atoms in total. The number of fused-ring (bicyclic) bond motifs is 1. The van der Waals surface area contributed by atoms with E-state index in [1.165, 1.54) is 0 Å². The zero-order valence-corrected chi connectivity index (χ0v) is 10.5. The van der Waals surface area contributed by atoms with Crippen LogP contribution in [0.25, 0.3) is 17.0 Å². The summed E-state index contributed by atoms with van der Waals surface area (Å²) in [5.41, 5.74) is 1.42. The lowest BCUT2D eigenvalue weighted by molar-refractivity contribution is -0.115. The number of hydrogen-bond acceptors (Lipinski definition) is 4. The van der Waals surface area contributed by atoms with E-state index in [-0.39, 0.29) is 11.1 Å². The van der Waals surface area contributed by atoms with Crippen LogP contribution in [0.5, 0.6) is 0 Å². The van der Waals surface area contributed by atoms with E-state index in [0.717, 1.165) is 22.7 Å². The van der Waals surface area contributed by atoms with Crippen LogP contribution in [0, 0.1) is 0 Å². The van der Waals surface area contributed by atoms with Crippen LogP contribution < -0.4 is 5.32 Å². The number of amides is 2. The standard InChI is InChI=1S/C12H6ClNO3S/c13-10-5-7-2-1-6(3-8(7)17-10)4-9-11(15)14-12(16)18-9/h1-5H,(H,14,15,16)/b9-4-. The molecule has 0 saturated carbocycles. The fraction of sp³-hybridized carbons (Fsp3) is 0. The first kappa shape index (κ1) is 11.4. The van der Waals surface area contributed by atoms with Gasteiger partial charge in [0, 0.05) is 11.5 Å². The van der Waals surface area contributed by atoms with Gasteiger partial charge in [-0.1, -0.05) is 12.1 Å². The second-order valence-corrected chi connectivity index (χ2v) is 5.09. The Balaban J connectivity index is 2.02. The summed E-state index contributed by atoms with van der Waals surface area (Å²) in [4.78, 5) is 22.8. The molecule has 1 fully saturated rings. The van der Waals surface area contributed by atoms with Crippen molar-refractivity contribution in [3.63, 3.8) is 0 Å². The van der Waals surface area contributed by atoms with E-state index in [2.05, 4.69) is 5.32 Å². The minimum atomic E-state index is -0.373. The van der Waals surface area contributed by atoms with Crippen molar-refractivity contribution in [1.82, 2.24) is 5.32 Å². The lowest BCUT2D eigenvalue weighted by Gasteiger charge is -1.95. The van der Waals surface area contributed by atoms with Gasteiger partial charge in [0.2, 0.25) is 0 Å². The Morgan fingerprint density at radius 3 is 2.83 bits per heavy atom. The van der Waals surface area contributed by atoms with Crippen LogP contribution in [0.1, 0.15) is 5.56 Å². The van der Waals surface area contributed by atoms with Crippen molar-refractivity contribution >= 4 is 51.6 Å². The molecule has 1 N–H and O–H groups in total. The van der Waals surface area contributed by atoms with Crippen LogP contribution in [-0.4, -0.2) is 11.1 Å². The molecule has 0 spiro atoms. The summed E-state index contributed by atoms with van der Waals surface area (Å²) < 4.78 is 5.28. The summed E-state index contributed by atoms with van der Waals surface area (Å²) >= 11 is 6.64. The molecular weight excluding hydrogens is 274 g/mol. The van der Waals surface area contributed by atoms with E-state index < -0.39 is 0 Å². The predicted octanol–water partition coefficient (Wildman–Crippen LogP) is 3.41. The Morgan fingerprint density at radius 2 is 2.11 bits per heavy atom. The number of hydrogen-bond donors (Lipinski definition) is 1. The Kier molecular flexibility index (Phi) is 2.65. The maximum absolute atomic E-state index is 11.4. The number of rotatable bonds is 1. The number of carbonyl (C=O) groups excluding carboxylic acids is 2. The third-order valence-corrected chi connectivity index (χ3v) is 3.45.